The number of para-hydroxylation sites is 1. The van der Waals surface area contributed by atoms with E-state index < -0.39 is 5.97 Å². The Bertz CT molecular complexity index is 1380. The summed E-state index contributed by atoms with van der Waals surface area (Å²) >= 11 is 8.54. The number of thiophene rings is 1. The molecule has 0 saturated heterocycles. The summed E-state index contributed by atoms with van der Waals surface area (Å²) in [5.41, 5.74) is 1.49. The molecule has 7 nitrogen and oxygen atoms in total. The molecular formula is C22H16ClN3O4S2. The maximum absolute atomic E-state index is 13.1. The summed E-state index contributed by atoms with van der Waals surface area (Å²) < 4.78 is 6.72. The van der Waals surface area contributed by atoms with Gasteiger partial charge in [-0.25, -0.2) is 9.78 Å². The van der Waals surface area contributed by atoms with Gasteiger partial charge in [0.15, 0.2) is 5.16 Å². The van der Waals surface area contributed by atoms with Crippen LogP contribution in [0.3, 0.4) is 0 Å². The number of carbonyl (C=O) groups excluding carboxylic acids is 2. The Kier molecular flexibility index (Phi) is 6.59. The molecule has 0 fully saturated rings. The van der Waals surface area contributed by atoms with Crippen molar-refractivity contribution in [1.29, 1.82) is 0 Å². The third-order valence-corrected chi connectivity index (χ3v) is 6.52. The lowest BCUT2D eigenvalue weighted by atomic mass is 10.2. The van der Waals surface area contributed by atoms with Crippen LogP contribution < -0.4 is 10.9 Å². The van der Waals surface area contributed by atoms with Gasteiger partial charge in [0.25, 0.3) is 5.56 Å². The smallest absolute Gasteiger partial charge is 0.339 e. The van der Waals surface area contributed by atoms with Gasteiger partial charge in [-0.1, -0.05) is 41.6 Å². The standard InChI is InChI=1S/C22H16ClN3O4S2/c1-30-21(29)15-7-2-3-8-16(15)24-18(27)12-32-22-25-17-9-10-31-19(17)20(28)26(22)14-6-4-5-13(23)11-14/h2-11H,12H2,1H3,(H,24,27). The van der Waals surface area contributed by atoms with Gasteiger partial charge in [-0.05, 0) is 41.8 Å². The van der Waals surface area contributed by atoms with Crippen molar-refractivity contribution in [3.05, 3.63) is 80.9 Å². The van der Waals surface area contributed by atoms with Crippen LogP contribution in [0.5, 0.6) is 0 Å². The number of nitrogens with zero attached hydrogens (tertiary/aromatic N) is 2. The summed E-state index contributed by atoms with van der Waals surface area (Å²) in [4.78, 5) is 42.3. The van der Waals surface area contributed by atoms with Crippen molar-refractivity contribution in [1.82, 2.24) is 9.55 Å². The Morgan fingerprint density at radius 1 is 1.19 bits per heavy atom. The minimum absolute atomic E-state index is 0.0296. The number of hydrogen-bond donors (Lipinski definition) is 1. The first-order chi connectivity index (χ1) is 15.5. The number of halogens is 1. The summed E-state index contributed by atoms with van der Waals surface area (Å²) in [6.45, 7) is 0. The number of methoxy groups -OCH3 is 1. The molecule has 2 heterocycles. The van der Waals surface area contributed by atoms with Crippen LogP contribution in [0.4, 0.5) is 5.69 Å². The van der Waals surface area contributed by atoms with Crippen LogP contribution in [0.1, 0.15) is 10.4 Å². The summed E-state index contributed by atoms with van der Waals surface area (Å²) in [5.74, 6) is -0.936. The fraction of sp³-hybridized carbons (Fsp3) is 0.0909. The molecule has 1 N–H and O–H groups in total. The lowest BCUT2D eigenvalue weighted by Crippen LogP contribution is -2.22. The molecule has 10 heteroatoms. The number of thioether (sulfide) groups is 1. The molecule has 0 spiro atoms. The van der Waals surface area contributed by atoms with Gasteiger partial charge in [0.1, 0.15) is 4.70 Å². The van der Waals surface area contributed by atoms with Crippen LogP contribution in [0.25, 0.3) is 15.9 Å². The molecule has 2 aromatic heterocycles. The zero-order chi connectivity index (χ0) is 22.7. The molecule has 2 aromatic carbocycles. The number of ether oxygens (including phenoxy) is 1. The van der Waals surface area contributed by atoms with E-state index >= 15 is 0 Å². The average Bonchev–Trinajstić information content (AvgIpc) is 3.26. The van der Waals surface area contributed by atoms with Gasteiger partial charge in [-0.3, -0.25) is 14.2 Å². The van der Waals surface area contributed by atoms with Crippen molar-refractivity contribution in [2.45, 2.75) is 5.16 Å². The molecule has 162 valence electrons. The summed E-state index contributed by atoms with van der Waals surface area (Å²) in [6, 6.07) is 15.2. The average molecular weight is 486 g/mol. The third-order valence-electron chi connectivity index (χ3n) is 4.45. The number of hydrogen-bond acceptors (Lipinski definition) is 7. The predicted molar refractivity (Wildman–Crippen MR) is 127 cm³/mol. The number of rotatable bonds is 6. The zero-order valence-electron chi connectivity index (χ0n) is 16.7. The van der Waals surface area contributed by atoms with Crippen LogP contribution in [-0.2, 0) is 9.53 Å². The Labute approximate surface area is 196 Å². The molecule has 32 heavy (non-hydrogen) atoms. The van der Waals surface area contributed by atoms with Crippen molar-refractivity contribution in [2.75, 3.05) is 18.2 Å². The maximum Gasteiger partial charge on any atom is 0.339 e. The summed E-state index contributed by atoms with van der Waals surface area (Å²) in [6.07, 6.45) is 0. The van der Waals surface area contributed by atoms with Crippen molar-refractivity contribution in [3.63, 3.8) is 0 Å². The number of carbonyl (C=O) groups is 2. The lowest BCUT2D eigenvalue weighted by molar-refractivity contribution is -0.113. The van der Waals surface area contributed by atoms with Crippen molar-refractivity contribution in [2.24, 2.45) is 0 Å². The first-order valence-corrected chi connectivity index (χ1v) is 11.6. The molecule has 0 aliphatic heterocycles. The summed E-state index contributed by atoms with van der Waals surface area (Å²) in [5, 5.41) is 5.36. The van der Waals surface area contributed by atoms with Gasteiger partial charge in [0.05, 0.1) is 35.3 Å². The molecule has 0 atom stereocenters. The number of esters is 1. The van der Waals surface area contributed by atoms with Crippen LogP contribution in [0.15, 0.2) is 69.9 Å². The second kappa shape index (κ2) is 9.56. The normalized spacial score (nSPS) is 10.8. The highest BCUT2D eigenvalue weighted by molar-refractivity contribution is 7.99. The van der Waals surface area contributed by atoms with E-state index in [1.807, 2.05) is 0 Å². The Hall–Kier alpha value is -3.14. The number of nitrogens with one attached hydrogen (secondary N) is 1. The second-order valence-electron chi connectivity index (χ2n) is 6.52. The number of benzene rings is 2. The Morgan fingerprint density at radius 2 is 2.00 bits per heavy atom. The molecule has 0 radical (unpaired) electrons. The van der Waals surface area contributed by atoms with Crippen molar-refractivity contribution in [3.8, 4) is 5.69 Å². The Balaban J connectivity index is 1.63. The second-order valence-corrected chi connectivity index (χ2v) is 8.82. The van der Waals surface area contributed by atoms with Gasteiger partial charge >= 0.3 is 5.97 Å². The van der Waals surface area contributed by atoms with Crippen molar-refractivity contribution >= 4 is 62.5 Å². The molecule has 0 aliphatic carbocycles. The van der Waals surface area contributed by atoms with Gasteiger partial charge in [-0.15, -0.1) is 11.3 Å². The number of amides is 1. The molecule has 4 rings (SSSR count). The fourth-order valence-corrected chi connectivity index (χ4v) is 4.78. The highest BCUT2D eigenvalue weighted by atomic mass is 35.5. The zero-order valence-corrected chi connectivity index (χ0v) is 19.1. The van der Waals surface area contributed by atoms with Crippen LogP contribution in [0.2, 0.25) is 5.02 Å². The molecule has 0 saturated carbocycles. The largest absolute Gasteiger partial charge is 0.465 e. The molecular weight excluding hydrogens is 470 g/mol. The van der Waals surface area contributed by atoms with E-state index in [2.05, 4.69) is 10.3 Å². The molecule has 0 bridgehead atoms. The van der Waals surface area contributed by atoms with E-state index in [1.165, 1.54) is 23.0 Å². The topological polar surface area (TPSA) is 90.3 Å². The predicted octanol–water partition coefficient (Wildman–Crippen LogP) is 4.62. The van der Waals surface area contributed by atoms with E-state index in [0.29, 0.717) is 31.8 Å². The number of aromatic nitrogens is 2. The number of fused-ring (bicyclic) bond motifs is 1. The van der Waals surface area contributed by atoms with Crippen LogP contribution >= 0.6 is 34.7 Å². The minimum atomic E-state index is -0.548. The number of anilines is 1. The minimum Gasteiger partial charge on any atom is -0.465 e. The van der Waals surface area contributed by atoms with E-state index in [0.717, 1.165) is 11.8 Å². The quantitative estimate of drug-likeness (QED) is 0.243. The third kappa shape index (κ3) is 4.55. The molecule has 1 amide bonds. The van der Waals surface area contributed by atoms with Gasteiger partial charge in [0.2, 0.25) is 5.91 Å². The first kappa shape index (κ1) is 22.1. The van der Waals surface area contributed by atoms with E-state index in [4.69, 9.17) is 16.3 Å². The van der Waals surface area contributed by atoms with Gasteiger partial charge in [0, 0.05) is 5.02 Å². The molecule has 0 unspecified atom stereocenters. The van der Waals surface area contributed by atoms with E-state index in [9.17, 15) is 14.4 Å². The highest BCUT2D eigenvalue weighted by Crippen LogP contribution is 2.25. The molecule has 0 aliphatic rings. The summed E-state index contributed by atoms with van der Waals surface area (Å²) in [7, 11) is 1.28. The van der Waals surface area contributed by atoms with Gasteiger partial charge in [-0.2, -0.15) is 0 Å². The lowest BCUT2D eigenvalue weighted by Gasteiger charge is -2.13. The van der Waals surface area contributed by atoms with E-state index in [-0.39, 0.29) is 22.8 Å². The SMILES string of the molecule is COC(=O)c1ccccc1NC(=O)CSc1nc2ccsc2c(=O)n1-c1cccc(Cl)c1. The van der Waals surface area contributed by atoms with Crippen molar-refractivity contribution < 1.29 is 14.3 Å². The molecule has 4 aromatic rings. The first-order valence-electron chi connectivity index (χ1n) is 9.34. The monoisotopic (exact) mass is 485 g/mol. The maximum atomic E-state index is 13.1. The Morgan fingerprint density at radius 3 is 2.78 bits per heavy atom. The van der Waals surface area contributed by atoms with E-state index in [1.54, 1.807) is 60.0 Å². The fourth-order valence-electron chi connectivity index (χ4n) is 3.03. The highest BCUT2D eigenvalue weighted by Gasteiger charge is 2.17. The van der Waals surface area contributed by atoms with Crippen LogP contribution in [-0.4, -0.2) is 34.3 Å². The van der Waals surface area contributed by atoms with Gasteiger partial charge < -0.3 is 10.1 Å². The van der Waals surface area contributed by atoms with Crippen LogP contribution in [0, 0.1) is 0 Å².